The van der Waals surface area contributed by atoms with E-state index in [4.69, 9.17) is 17.3 Å². The molecule has 1 fully saturated rings. The van der Waals surface area contributed by atoms with Crippen molar-refractivity contribution in [3.05, 3.63) is 11.2 Å². The maximum atomic E-state index is 5.84. The lowest BCUT2D eigenvalue weighted by Gasteiger charge is -2.28. The van der Waals surface area contributed by atoms with Crippen LogP contribution in [0.4, 0.5) is 11.8 Å². The highest BCUT2D eigenvalue weighted by Crippen LogP contribution is 2.28. The first-order chi connectivity index (χ1) is 8.17. The largest absolute Gasteiger partial charge is 0.368 e. The topological polar surface area (TPSA) is 63.8 Å². The minimum absolute atomic E-state index is 0.220. The molecule has 0 aliphatic heterocycles. The number of thioether (sulfide) groups is 1. The fourth-order valence-corrected chi connectivity index (χ4v) is 3.09. The summed E-state index contributed by atoms with van der Waals surface area (Å²) in [6, 6.07) is 2.20. The average Bonchev–Trinajstić information content (AvgIpc) is 2.28. The van der Waals surface area contributed by atoms with E-state index in [2.05, 4.69) is 21.5 Å². The van der Waals surface area contributed by atoms with Crippen molar-refractivity contribution < 1.29 is 0 Å². The summed E-state index contributed by atoms with van der Waals surface area (Å²) in [5.74, 6) is 0.952. The molecular weight excluding hydrogens is 256 g/mol. The summed E-state index contributed by atoms with van der Waals surface area (Å²) >= 11 is 7.80. The molecule has 17 heavy (non-hydrogen) atoms. The maximum Gasteiger partial charge on any atom is 0.223 e. The second-order valence-electron chi connectivity index (χ2n) is 4.29. The molecule has 0 spiro atoms. The highest BCUT2D eigenvalue weighted by molar-refractivity contribution is 7.99. The van der Waals surface area contributed by atoms with Gasteiger partial charge in [-0.05, 0) is 31.9 Å². The molecule has 1 aliphatic carbocycles. The minimum Gasteiger partial charge on any atom is -0.368 e. The van der Waals surface area contributed by atoms with Gasteiger partial charge in [-0.2, -0.15) is 16.7 Å². The predicted molar refractivity (Wildman–Crippen MR) is 74.6 cm³/mol. The summed E-state index contributed by atoms with van der Waals surface area (Å²) in [4.78, 5) is 7.97. The van der Waals surface area contributed by atoms with Crippen LogP contribution in [0.25, 0.3) is 0 Å². The summed E-state index contributed by atoms with van der Waals surface area (Å²) in [5.41, 5.74) is 5.56. The lowest BCUT2D eigenvalue weighted by molar-refractivity contribution is 0.472. The first-order valence-electron chi connectivity index (χ1n) is 5.77. The van der Waals surface area contributed by atoms with Crippen LogP contribution in [0.1, 0.15) is 25.7 Å². The lowest BCUT2D eigenvalue weighted by atomic mass is 9.95. The molecule has 0 bridgehead atoms. The fraction of sp³-hybridized carbons (Fsp3) is 0.636. The summed E-state index contributed by atoms with van der Waals surface area (Å²) in [6.07, 6.45) is 7.05. The number of nitrogen functional groups attached to an aromatic ring is 1. The molecule has 0 aromatic carbocycles. The molecule has 1 heterocycles. The van der Waals surface area contributed by atoms with E-state index in [1.807, 2.05) is 11.8 Å². The smallest absolute Gasteiger partial charge is 0.223 e. The Morgan fingerprint density at radius 3 is 2.65 bits per heavy atom. The molecule has 1 aromatic heterocycles. The molecule has 0 radical (unpaired) electrons. The Bertz CT molecular complexity index is 359. The van der Waals surface area contributed by atoms with Gasteiger partial charge in [0, 0.05) is 17.4 Å². The summed E-state index contributed by atoms with van der Waals surface area (Å²) in [5, 5.41) is 4.58. The summed E-state index contributed by atoms with van der Waals surface area (Å²) in [7, 11) is 0. The second-order valence-corrected chi connectivity index (χ2v) is 5.81. The van der Waals surface area contributed by atoms with Crippen LogP contribution in [0.15, 0.2) is 6.07 Å². The molecule has 1 aliphatic rings. The van der Waals surface area contributed by atoms with Gasteiger partial charge in [0.25, 0.3) is 0 Å². The normalized spacial score (nSPS) is 24.6. The van der Waals surface area contributed by atoms with Crippen LogP contribution in [0.5, 0.6) is 0 Å². The van der Waals surface area contributed by atoms with E-state index in [-0.39, 0.29) is 5.95 Å². The van der Waals surface area contributed by atoms with Crippen molar-refractivity contribution >= 4 is 35.1 Å². The maximum absolute atomic E-state index is 5.84. The van der Waals surface area contributed by atoms with Crippen LogP contribution < -0.4 is 11.1 Å². The van der Waals surface area contributed by atoms with Crippen molar-refractivity contribution in [3.63, 3.8) is 0 Å². The summed E-state index contributed by atoms with van der Waals surface area (Å²) in [6.45, 7) is 0. The molecule has 6 heteroatoms. The summed E-state index contributed by atoms with van der Waals surface area (Å²) < 4.78 is 0. The monoisotopic (exact) mass is 272 g/mol. The molecule has 0 unspecified atom stereocenters. The number of halogens is 1. The fourth-order valence-electron chi connectivity index (χ4n) is 2.16. The SMILES string of the molecule is CSC1CCC(Nc2cc(Cl)nc(N)n2)CC1. The van der Waals surface area contributed by atoms with E-state index in [9.17, 15) is 0 Å². The first-order valence-corrected chi connectivity index (χ1v) is 7.43. The van der Waals surface area contributed by atoms with Crippen LogP contribution in [0.3, 0.4) is 0 Å². The molecule has 2 rings (SSSR count). The van der Waals surface area contributed by atoms with Gasteiger partial charge in [0.15, 0.2) is 0 Å². The van der Waals surface area contributed by atoms with Crippen molar-refractivity contribution in [2.45, 2.75) is 37.0 Å². The Hall–Kier alpha value is -0.680. The van der Waals surface area contributed by atoms with Crippen molar-refractivity contribution in [1.82, 2.24) is 9.97 Å². The quantitative estimate of drug-likeness (QED) is 0.829. The first kappa shape index (κ1) is 12.8. The molecule has 0 saturated heterocycles. The van der Waals surface area contributed by atoms with Crippen molar-refractivity contribution in [1.29, 1.82) is 0 Å². The van der Waals surface area contributed by atoms with E-state index >= 15 is 0 Å². The zero-order chi connectivity index (χ0) is 12.3. The number of rotatable bonds is 3. The Kier molecular flexibility index (Phi) is 4.34. The predicted octanol–water partition coefficient (Wildman–Crippen LogP) is 2.80. The van der Waals surface area contributed by atoms with Gasteiger partial charge in [-0.1, -0.05) is 11.6 Å². The van der Waals surface area contributed by atoms with Gasteiger partial charge in [-0.15, -0.1) is 0 Å². The second kappa shape index (κ2) is 5.78. The highest BCUT2D eigenvalue weighted by atomic mass is 35.5. The molecule has 4 nitrogen and oxygen atoms in total. The van der Waals surface area contributed by atoms with Gasteiger partial charge in [-0.3, -0.25) is 0 Å². The molecule has 1 aromatic rings. The van der Waals surface area contributed by atoms with Gasteiger partial charge in [0.2, 0.25) is 5.95 Å². The number of anilines is 2. The third kappa shape index (κ3) is 3.64. The van der Waals surface area contributed by atoms with Gasteiger partial charge in [0.05, 0.1) is 0 Å². The van der Waals surface area contributed by atoms with Gasteiger partial charge < -0.3 is 11.1 Å². The van der Waals surface area contributed by atoms with Crippen molar-refractivity contribution in [2.75, 3.05) is 17.3 Å². The van der Waals surface area contributed by atoms with E-state index in [1.165, 1.54) is 25.7 Å². The van der Waals surface area contributed by atoms with Crippen LogP contribution >= 0.6 is 23.4 Å². The number of nitrogens with one attached hydrogen (secondary N) is 1. The number of aromatic nitrogens is 2. The van der Waals surface area contributed by atoms with Gasteiger partial charge >= 0.3 is 0 Å². The highest BCUT2D eigenvalue weighted by Gasteiger charge is 2.20. The number of hydrogen-bond donors (Lipinski definition) is 2. The number of hydrogen-bond acceptors (Lipinski definition) is 5. The molecule has 94 valence electrons. The zero-order valence-electron chi connectivity index (χ0n) is 9.82. The Labute approximate surface area is 111 Å². The molecule has 1 saturated carbocycles. The van der Waals surface area contributed by atoms with E-state index in [0.29, 0.717) is 11.2 Å². The molecule has 0 atom stereocenters. The minimum atomic E-state index is 0.220. The zero-order valence-corrected chi connectivity index (χ0v) is 11.4. The van der Waals surface area contributed by atoms with Crippen LogP contribution in [0.2, 0.25) is 5.15 Å². The van der Waals surface area contributed by atoms with Gasteiger partial charge in [-0.25, -0.2) is 4.98 Å². The van der Waals surface area contributed by atoms with E-state index in [0.717, 1.165) is 11.1 Å². The molecular formula is C11H17ClN4S. The molecule has 3 N–H and O–H groups in total. The van der Waals surface area contributed by atoms with Crippen molar-refractivity contribution in [3.8, 4) is 0 Å². The Morgan fingerprint density at radius 1 is 1.35 bits per heavy atom. The van der Waals surface area contributed by atoms with E-state index < -0.39 is 0 Å². The van der Waals surface area contributed by atoms with Crippen LogP contribution in [0, 0.1) is 0 Å². The third-order valence-electron chi connectivity index (χ3n) is 3.07. The average molecular weight is 273 g/mol. The van der Waals surface area contributed by atoms with Crippen LogP contribution in [-0.2, 0) is 0 Å². The van der Waals surface area contributed by atoms with E-state index in [1.54, 1.807) is 6.07 Å². The Balaban J connectivity index is 1.93. The standard InChI is InChI=1S/C11H17ClN4S/c1-17-8-4-2-7(3-5-8)14-10-6-9(12)15-11(13)16-10/h6-8H,2-5H2,1H3,(H3,13,14,15,16). The lowest BCUT2D eigenvalue weighted by Crippen LogP contribution is -2.27. The number of nitrogens with zero attached hydrogens (tertiary/aromatic N) is 2. The molecule has 0 amide bonds. The third-order valence-corrected chi connectivity index (χ3v) is 4.40. The van der Waals surface area contributed by atoms with Gasteiger partial charge in [0.1, 0.15) is 11.0 Å². The van der Waals surface area contributed by atoms with Crippen molar-refractivity contribution in [2.24, 2.45) is 0 Å². The Morgan fingerprint density at radius 2 is 2.06 bits per heavy atom. The number of nitrogens with two attached hydrogens (primary N) is 1. The van der Waals surface area contributed by atoms with Crippen LogP contribution in [-0.4, -0.2) is 27.5 Å².